The fourth-order valence-corrected chi connectivity index (χ4v) is 5.49. The molecule has 2 heterocycles. The molecular weight excluding hydrogens is 402 g/mol. The molecule has 3 nitrogen and oxygen atoms in total. The monoisotopic (exact) mass is 439 g/mol. The lowest BCUT2D eigenvalue weighted by Gasteiger charge is -2.32. The molecule has 4 aromatic rings. The van der Waals surface area contributed by atoms with Crippen LogP contribution in [0, 0.1) is 0 Å². The number of hydrogen-bond donors (Lipinski definition) is 1. The van der Waals surface area contributed by atoms with Crippen molar-refractivity contribution in [3.63, 3.8) is 0 Å². The van der Waals surface area contributed by atoms with E-state index < -0.39 is 0 Å². The first kappa shape index (κ1) is 22.0. The minimum absolute atomic E-state index is 0.519. The highest BCUT2D eigenvalue weighted by atomic mass is 15.1. The lowest BCUT2D eigenvalue weighted by atomic mass is 9.89. The molecule has 3 heteroatoms. The third kappa shape index (κ3) is 4.52. The minimum Gasteiger partial charge on any atom is -0.383 e. The lowest BCUT2D eigenvalue weighted by molar-refractivity contribution is 0.205. The van der Waals surface area contributed by atoms with Gasteiger partial charge in [-0.1, -0.05) is 43.3 Å². The molecule has 0 bridgehead atoms. The third-order valence-electron chi connectivity index (χ3n) is 7.53. The number of nitrogens with one attached hydrogen (secondary N) is 1. The zero-order valence-corrected chi connectivity index (χ0v) is 20.3. The van der Waals surface area contributed by atoms with E-state index in [1.165, 1.54) is 64.6 Å². The van der Waals surface area contributed by atoms with Crippen molar-refractivity contribution in [1.29, 1.82) is 0 Å². The van der Waals surface area contributed by atoms with Crippen LogP contribution >= 0.6 is 0 Å². The Bertz CT molecular complexity index is 1230. The maximum atomic E-state index is 3.63. The van der Waals surface area contributed by atoms with Gasteiger partial charge in [-0.25, -0.2) is 0 Å². The van der Waals surface area contributed by atoms with Crippen molar-refractivity contribution >= 4 is 27.5 Å². The highest BCUT2D eigenvalue weighted by molar-refractivity contribution is 6.08. The van der Waals surface area contributed by atoms with Gasteiger partial charge in [0.15, 0.2) is 0 Å². The second-order valence-corrected chi connectivity index (χ2v) is 9.74. The zero-order chi connectivity index (χ0) is 22.8. The number of anilines is 1. The van der Waals surface area contributed by atoms with Gasteiger partial charge in [-0.2, -0.15) is 0 Å². The summed E-state index contributed by atoms with van der Waals surface area (Å²) in [4.78, 5) is 2.64. The summed E-state index contributed by atoms with van der Waals surface area (Å²) in [6, 6.07) is 25.6. The summed E-state index contributed by atoms with van der Waals surface area (Å²) in [6.45, 7) is 11.1. The van der Waals surface area contributed by atoms with Crippen molar-refractivity contribution in [2.24, 2.45) is 0 Å². The second kappa shape index (κ2) is 9.61. The van der Waals surface area contributed by atoms with Gasteiger partial charge in [0.25, 0.3) is 0 Å². The number of hydrogen-bond acceptors (Lipinski definition) is 2. The average Bonchev–Trinajstić information content (AvgIpc) is 3.17. The SMILES string of the molecule is CCC(C)Nc1cccc(C2CCN(Cc3ccc4c(c3)c3ccccc3n4CC)CC2)c1. The number of aromatic nitrogens is 1. The Balaban J connectivity index is 1.27. The van der Waals surface area contributed by atoms with Crippen molar-refractivity contribution in [1.82, 2.24) is 9.47 Å². The summed E-state index contributed by atoms with van der Waals surface area (Å²) < 4.78 is 2.43. The smallest absolute Gasteiger partial charge is 0.0491 e. The van der Waals surface area contributed by atoms with E-state index >= 15 is 0 Å². The van der Waals surface area contributed by atoms with Crippen LogP contribution in [0.2, 0.25) is 0 Å². The molecule has 1 N–H and O–H groups in total. The molecule has 1 unspecified atom stereocenters. The van der Waals surface area contributed by atoms with Gasteiger partial charge in [-0.3, -0.25) is 4.90 Å². The molecule has 1 aliphatic heterocycles. The molecule has 1 saturated heterocycles. The summed E-state index contributed by atoms with van der Waals surface area (Å²) in [5.74, 6) is 0.671. The van der Waals surface area contributed by atoms with Crippen molar-refractivity contribution < 1.29 is 0 Å². The molecule has 33 heavy (non-hydrogen) atoms. The molecule has 5 rings (SSSR count). The number of benzene rings is 3. The second-order valence-electron chi connectivity index (χ2n) is 9.74. The van der Waals surface area contributed by atoms with Crippen molar-refractivity contribution in [3.8, 4) is 0 Å². The zero-order valence-electron chi connectivity index (χ0n) is 20.3. The molecule has 172 valence electrons. The number of piperidine rings is 1. The maximum absolute atomic E-state index is 3.63. The van der Waals surface area contributed by atoms with Crippen LogP contribution in [0.25, 0.3) is 21.8 Å². The number of aryl methyl sites for hydroxylation is 1. The predicted octanol–water partition coefficient (Wildman–Crippen LogP) is 7.40. The molecule has 0 radical (unpaired) electrons. The molecule has 1 atom stereocenters. The number of nitrogens with zero attached hydrogens (tertiary/aromatic N) is 2. The van der Waals surface area contributed by atoms with Crippen LogP contribution in [0.5, 0.6) is 0 Å². The van der Waals surface area contributed by atoms with E-state index in [4.69, 9.17) is 0 Å². The van der Waals surface area contributed by atoms with Gasteiger partial charge >= 0.3 is 0 Å². The standard InChI is InChI=1S/C30H37N3/c1-4-22(3)31-26-10-8-9-25(20-26)24-15-17-32(18-16-24)21-23-13-14-30-28(19-23)27-11-6-7-12-29(27)33(30)5-2/h6-14,19-20,22,24,31H,4-5,15-18,21H2,1-3H3. The summed E-state index contributed by atoms with van der Waals surface area (Å²) in [5, 5.41) is 6.40. The molecule has 1 aliphatic rings. The topological polar surface area (TPSA) is 20.2 Å². The number of rotatable bonds is 7. The van der Waals surface area contributed by atoms with Gasteiger partial charge in [-0.15, -0.1) is 0 Å². The van der Waals surface area contributed by atoms with E-state index in [0.29, 0.717) is 12.0 Å². The van der Waals surface area contributed by atoms with Gasteiger partial charge < -0.3 is 9.88 Å². The van der Waals surface area contributed by atoms with Crippen LogP contribution in [-0.2, 0) is 13.1 Å². The Morgan fingerprint density at radius 2 is 1.67 bits per heavy atom. The Hall–Kier alpha value is -2.78. The van der Waals surface area contributed by atoms with Gasteiger partial charge in [0.2, 0.25) is 0 Å². The number of para-hydroxylation sites is 1. The van der Waals surface area contributed by atoms with E-state index in [1.807, 2.05) is 0 Å². The summed E-state index contributed by atoms with van der Waals surface area (Å²) in [6.07, 6.45) is 3.63. The number of likely N-dealkylation sites (tertiary alicyclic amines) is 1. The highest BCUT2D eigenvalue weighted by Gasteiger charge is 2.21. The van der Waals surface area contributed by atoms with Gasteiger partial charge in [0.1, 0.15) is 0 Å². The van der Waals surface area contributed by atoms with E-state index in [2.05, 4.69) is 102 Å². The van der Waals surface area contributed by atoms with Crippen LogP contribution in [0.4, 0.5) is 5.69 Å². The fraction of sp³-hybridized carbons (Fsp3) is 0.400. The quantitative estimate of drug-likeness (QED) is 0.324. The Morgan fingerprint density at radius 1 is 0.879 bits per heavy atom. The van der Waals surface area contributed by atoms with Crippen molar-refractivity contribution in [3.05, 3.63) is 77.9 Å². The van der Waals surface area contributed by atoms with Crippen LogP contribution < -0.4 is 5.32 Å². The van der Waals surface area contributed by atoms with Gasteiger partial charge in [-0.05, 0) is 93.6 Å². The number of fused-ring (bicyclic) bond motifs is 3. The average molecular weight is 440 g/mol. The van der Waals surface area contributed by atoms with Crippen molar-refractivity contribution in [2.75, 3.05) is 18.4 Å². The van der Waals surface area contributed by atoms with Crippen LogP contribution in [-0.4, -0.2) is 28.6 Å². The molecule has 1 aromatic heterocycles. The predicted molar refractivity (Wildman–Crippen MR) is 142 cm³/mol. The first-order chi connectivity index (χ1) is 16.2. The molecular formula is C30H37N3. The lowest BCUT2D eigenvalue weighted by Crippen LogP contribution is -2.32. The maximum Gasteiger partial charge on any atom is 0.0491 e. The molecule has 1 fully saturated rings. The van der Waals surface area contributed by atoms with E-state index in [0.717, 1.165) is 19.5 Å². The Kier molecular flexibility index (Phi) is 6.41. The third-order valence-corrected chi connectivity index (χ3v) is 7.53. The van der Waals surface area contributed by atoms with E-state index in [9.17, 15) is 0 Å². The molecule has 0 aliphatic carbocycles. The molecule has 3 aromatic carbocycles. The molecule has 0 saturated carbocycles. The minimum atomic E-state index is 0.519. The Labute approximate surface area is 198 Å². The summed E-state index contributed by atoms with van der Waals surface area (Å²) in [7, 11) is 0. The summed E-state index contributed by atoms with van der Waals surface area (Å²) >= 11 is 0. The first-order valence-corrected chi connectivity index (χ1v) is 12.7. The molecule has 0 amide bonds. The molecule has 0 spiro atoms. The van der Waals surface area contributed by atoms with Crippen molar-refractivity contribution in [2.45, 2.75) is 65.1 Å². The largest absolute Gasteiger partial charge is 0.383 e. The van der Waals surface area contributed by atoms with E-state index in [-0.39, 0.29) is 0 Å². The highest BCUT2D eigenvalue weighted by Crippen LogP contribution is 2.32. The van der Waals surface area contributed by atoms with E-state index in [1.54, 1.807) is 0 Å². The van der Waals surface area contributed by atoms with Gasteiger partial charge in [0, 0.05) is 46.6 Å². The van der Waals surface area contributed by atoms with Crippen LogP contribution in [0.1, 0.15) is 57.1 Å². The normalized spacial score (nSPS) is 16.5. The first-order valence-electron chi connectivity index (χ1n) is 12.7. The van der Waals surface area contributed by atoms with Crippen LogP contribution in [0.15, 0.2) is 66.7 Å². The Morgan fingerprint density at radius 3 is 2.45 bits per heavy atom. The summed E-state index contributed by atoms with van der Waals surface area (Å²) in [5.41, 5.74) is 6.89. The van der Waals surface area contributed by atoms with Crippen LogP contribution in [0.3, 0.4) is 0 Å². The fourth-order valence-electron chi connectivity index (χ4n) is 5.49. The van der Waals surface area contributed by atoms with Gasteiger partial charge in [0.05, 0.1) is 0 Å².